The molecule has 1 aliphatic heterocycles. The van der Waals surface area contributed by atoms with Crippen molar-refractivity contribution in [2.45, 2.75) is 12.5 Å². The highest BCUT2D eigenvalue weighted by Crippen LogP contribution is 1.99. The predicted octanol–water partition coefficient (Wildman–Crippen LogP) is 1.31. The molecular formula is C10H14N2O2. The van der Waals surface area contributed by atoms with Gasteiger partial charge in [-0.2, -0.15) is 0 Å². The maximum absolute atomic E-state index is 9.97. The number of rotatable bonds is 1. The molecule has 1 unspecified atom stereocenters. The molecular weight excluding hydrogens is 180 g/mol. The van der Waals surface area contributed by atoms with Crippen molar-refractivity contribution in [2.24, 2.45) is 0 Å². The fraction of sp³-hybridized carbons (Fsp3) is 0.400. The Labute approximate surface area is 83.1 Å². The van der Waals surface area contributed by atoms with Crippen LogP contribution in [0.3, 0.4) is 0 Å². The zero-order valence-corrected chi connectivity index (χ0v) is 7.93. The number of nitrogens with zero attached hydrogens (tertiary/aromatic N) is 1. The molecule has 0 saturated carbocycles. The summed E-state index contributed by atoms with van der Waals surface area (Å²) < 4.78 is 0. The number of nitro groups is 1. The second-order valence-electron chi connectivity index (χ2n) is 3.09. The zero-order chi connectivity index (χ0) is 10.2. The van der Waals surface area contributed by atoms with Crippen LogP contribution in [-0.2, 0) is 0 Å². The lowest BCUT2D eigenvalue weighted by Gasteiger charge is -1.94. The third-order valence-electron chi connectivity index (χ3n) is 2.00. The topological polar surface area (TPSA) is 55.2 Å². The van der Waals surface area contributed by atoms with Crippen LogP contribution in [0.1, 0.15) is 6.42 Å². The lowest BCUT2D eigenvalue weighted by Crippen LogP contribution is -2.21. The summed E-state index contributed by atoms with van der Waals surface area (Å²) in [5.41, 5.74) is 0. The van der Waals surface area contributed by atoms with Gasteiger partial charge in [-0.05, 0) is 0 Å². The van der Waals surface area contributed by atoms with E-state index < -0.39 is 0 Å². The highest BCUT2D eigenvalue weighted by Gasteiger charge is 2.23. The Morgan fingerprint density at radius 3 is 1.86 bits per heavy atom. The van der Waals surface area contributed by atoms with E-state index in [2.05, 4.69) is 5.32 Å². The van der Waals surface area contributed by atoms with Crippen molar-refractivity contribution in [3.63, 3.8) is 0 Å². The fourth-order valence-electron chi connectivity index (χ4n) is 1.20. The molecule has 0 amide bonds. The third-order valence-corrected chi connectivity index (χ3v) is 2.00. The number of hydrogen-bond donors (Lipinski definition) is 1. The average Bonchev–Trinajstić information content (AvgIpc) is 2.74. The number of nitrogens with one attached hydrogen (secondary N) is 1. The van der Waals surface area contributed by atoms with Gasteiger partial charge in [0.1, 0.15) is 0 Å². The predicted molar refractivity (Wildman–Crippen MR) is 54.7 cm³/mol. The smallest absolute Gasteiger partial charge is 0.226 e. The normalized spacial score (nSPS) is 19.6. The molecule has 0 radical (unpaired) electrons. The SMILES string of the molecule is O=[N+]([O-])C1CCNC1.c1ccccc1. The minimum atomic E-state index is -0.324. The molecule has 2 rings (SSSR count). The van der Waals surface area contributed by atoms with E-state index in [9.17, 15) is 10.1 Å². The molecule has 0 aromatic heterocycles. The van der Waals surface area contributed by atoms with E-state index >= 15 is 0 Å². The molecule has 1 N–H and O–H groups in total. The summed E-state index contributed by atoms with van der Waals surface area (Å²) >= 11 is 0. The first-order valence-corrected chi connectivity index (χ1v) is 4.65. The van der Waals surface area contributed by atoms with E-state index in [1.807, 2.05) is 36.4 Å². The standard InChI is InChI=1S/C6H6.C4H8N2O2/c1-2-4-6-5-3-1;7-6(8)4-1-2-5-3-4/h1-6H;4-5H,1-3H2. The third kappa shape index (κ3) is 4.00. The lowest BCUT2D eigenvalue weighted by molar-refractivity contribution is -0.517. The summed E-state index contributed by atoms with van der Waals surface area (Å²) in [5, 5.41) is 12.9. The Hall–Kier alpha value is -1.42. The van der Waals surface area contributed by atoms with E-state index in [4.69, 9.17) is 0 Å². The molecule has 4 heteroatoms. The second-order valence-corrected chi connectivity index (χ2v) is 3.09. The molecule has 1 aliphatic rings. The Balaban J connectivity index is 0.000000146. The van der Waals surface area contributed by atoms with Crippen LogP contribution < -0.4 is 5.32 Å². The Morgan fingerprint density at radius 2 is 1.64 bits per heavy atom. The molecule has 0 bridgehead atoms. The summed E-state index contributed by atoms with van der Waals surface area (Å²) in [6, 6.07) is 11.7. The molecule has 0 aliphatic carbocycles. The molecule has 1 aromatic carbocycles. The van der Waals surface area contributed by atoms with Crippen molar-refractivity contribution in [3.8, 4) is 0 Å². The fourth-order valence-corrected chi connectivity index (χ4v) is 1.20. The van der Waals surface area contributed by atoms with Gasteiger partial charge >= 0.3 is 0 Å². The van der Waals surface area contributed by atoms with Crippen LogP contribution in [-0.4, -0.2) is 24.1 Å². The summed E-state index contributed by atoms with van der Waals surface area (Å²) in [5.74, 6) is 0. The molecule has 1 saturated heterocycles. The van der Waals surface area contributed by atoms with Gasteiger partial charge in [-0.1, -0.05) is 36.4 Å². The molecule has 1 fully saturated rings. The van der Waals surface area contributed by atoms with E-state index in [1.165, 1.54) is 0 Å². The summed E-state index contributed by atoms with van der Waals surface area (Å²) in [4.78, 5) is 9.74. The van der Waals surface area contributed by atoms with Crippen molar-refractivity contribution in [1.82, 2.24) is 5.32 Å². The van der Waals surface area contributed by atoms with Crippen LogP contribution in [0.2, 0.25) is 0 Å². The lowest BCUT2D eigenvalue weighted by atomic mass is 10.3. The van der Waals surface area contributed by atoms with Gasteiger partial charge < -0.3 is 5.32 Å². The van der Waals surface area contributed by atoms with Gasteiger partial charge in [-0.25, -0.2) is 0 Å². The van der Waals surface area contributed by atoms with Crippen molar-refractivity contribution in [1.29, 1.82) is 0 Å². The average molecular weight is 194 g/mol. The Morgan fingerprint density at radius 1 is 1.14 bits per heavy atom. The maximum atomic E-state index is 9.97. The van der Waals surface area contributed by atoms with Crippen LogP contribution in [0.5, 0.6) is 0 Å². The van der Waals surface area contributed by atoms with Crippen LogP contribution in [0.25, 0.3) is 0 Å². The summed E-state index contributed by atoms with van der Waals surface area (Å²) in [7, 11) is 0. The molecule has 1 heterocycles. The minimum absolute atomic E-state index is 0.222. The first-order chi connectivity index (χ1) is 6.80. The van der Waals surface area contributed by atoms with Crippen LogP contribution in [0, 0.1) is 10.1 Å². The maximum Gasteiger partial charge on any atom is 0.226 e. The van der Waals surface area contributed by atoms with Crippen LogP contribution >= 0.6 is 0 Å². The van der Waals surface area contributed by atoms with Crippen molar-refractivity contribution in [3.05, 3.63) is 46.5 Å². The van der Waals surface area contributed by atoms with E-state index in [-0.39, 0.29) is 11.0 Å². The van der Waals surface area contributed by atoms with Crippen molar-refractivity contribution >= 4 is 0 Å². The van der Waals surface area contributed by atoms with E-state index in [0.29, 0.717) is 13.0 Å². The van der Waals surface area contributed by atoms with E-state index in [1.54, 1.807) is 0 Å². The minimum Gasteiger partial charge on any atom is -0.310 e. The van der Waals surface area contributed by atoms with Crippen LogP contribution in [0.15, 0.2) is 36.4 Å². The number of hydrogen-bond acceptors (Lipinski definition) is 3. The van der Waals surface area contributed by atoms with Gasteiger partial charge in [0.15, 0.2) is 0 Å². The van der Waals surface area contributed by atoms with E-state index in [0.717, 1.165) is 6.54 Å². The summed E-state index contributed by atoms with van der Waals surface area (Å²) in [6.45, 7) is 1.35. The Kier molecular flexibility index (Phi) is 4.64. The van der Waals surface area contributed by atoms with Crippen LogP contribution in [0.4, 0.5) is 0 Å². The molecule has 14 heavy (non-hydrogen) atoms. The van der Waals surface area contributed by atoms with Gasteiger partial charge in [0.2, 0.25) is 6.04 Å². The first-order valence-electron chi connectivity index (χ1n) is 4.65. The highest BCUT2D eigenvalue weighted by atomic mass is 16.6. The largest absolute Gasteiger partial charge is 0.310 e. The van der Waals surface area contributed by atoms with Gasteiger partial charge in [0.25, 0.3) is 0 Å². The summed E-state index contributed by atoms with van der Waals surface area (Å²) in [6.07, 6.45) is 0.688. The van der Waals surface area contributed by atoms with Gasteiger partial charge in [-0.3, -0.25) is 10.1 Å². The van der Waals surface area contributed by atoms with Gasteiger partial charge in [0.05, 0.1) is 6.54 Å². The zero-order valence-electron chi connectivity index (χ0n) is 7.93. The molecule has 1 aromatic rings. The molecule has 4 nitrogen and oxygen atoms in total. The first kappa shape index (κ1) is 10.7. The Bertz CT molecular complexity index is 231. The monoisotopic (exact) mass is 194 g/mol. The molecule has 76 valence electrons. The van der Waals surface area contributed by atoms with Gasteiger partial charge in [0, 0.05) is 17.9 Å². The van der Waals surface area contributed by atoms with Gasteiger partial charge in [-0.15, -0.1) is 0 Å². The highest BCUT2D eigenvalue weighted by molar-refractivity contribution is 4.99. The molecule has 1 atom stereocenters. The quantitative estimate of drug-likeness (QED) is 0.541. The molecule has 0 spiro atoms. The number of benzene rings is 1. The second kappa shape index (κ2) is 6.10. The van der Waals surface area contributed by atoms with Crippen molar-refractivity contribution < 1.29 is 4.92 Å². The van der Waals surface area contributed by atoms with Crippen molar-refractivity contribution in [2.75, 3.05) is 13.1 Å².